The van der Waals surface area contributed by atoms with Gasteiger partial charge in [-0.15, -0.1) is 0 Å². The Morgan fingerprint density at radius 2 is 2.07 bits per heavy atom. The molecule has 2 aromatic rings. The Hall–Kier alpha value is -1.61. The standard InChI is InChI=1S/C12H11NO2/c1-2-4-9(5-3-1)12-11-10(6-7-14-12)8-15-13-11/h1-5,8,12H,6-7H2. The molecule has 0 fully saturated rings. The predicted molar refractivity (Wildman–Crippen MR) is 54.4 cm³/mol. The van der Waals surface area contributed by atoms with Gasteiger partial charge in [-0.05, 0) is 5.56 Å². The van der Waals surface area contributed by atoms with Crippen molar-refractivity contribution >= 4 is 0 Å². The van der Waals surface area contributed by atoms with Gasteiger partial charge in [0.1, 0.15) is 18.1 Å². The van der Waals surface area contributed by atoms with E-state index in [1.54, 1.807) is 6.26 Å². The number of fused-ring (bicyclic) bond motifs is 1. The van der Waals surface area contributed by atoms with Crippen LogP contribution in [0.2, 0.25) is 0 Å². The van der Waals surface area contributed by atoms with Crippen molar-refractivity contribution in [3.63, 3.8) is 0 Å². The quantitative estimate of drug-likeness (QED) is 0.710. The Morgan fingerprint density at radius 1 is 1.20 bits per heavy atom. The highest BCUT2D eigenvalue weighted by molar-refractivity contribution is 5.30. The van der Waals surface area contributed by atoms with Crippen molar-refractivity contribution in [2.45, 2.75) is 12.5 Å². The van der Waals surface area contributed by atoms with Crippen molar-refractivity contribution in [2.75, 3.05) is 6.61 Å². The lowest BCUT2D eigenvalue weighted by molar-refractivity contribution is 0.0657. The summed E-state index contributed by atoms with van der Waals surface area (Å²) >= 11 is 0. The lowest BCUT2D eigenvalue weighted by atomic mass is 10.0. The van der Waals surface area contributed by atoms with E-state index in [-0.39, 0.29) is 6.10 Å². The van der Waals surface area contributed by atoms with Gasteiger partial charge in [-0.25, -0.2) is 0 Å². The molecule has 0 N–H and O–H groups in total. The second-order valence-corrected chi connectivity index (χ2v) is 3.64. The van der Waals surface area contributed by atoms with Gasteiger partial charge < -0.3 is 9.26 Å². The molecule has 3 rings (SSSR count). The van der Waals surface area contributed by atoms with Crippen molar-refractivity contribution < 1.29 is 9.26 Å². The zero-order chi connectivity index (χ0) is 10.1. The maximum atomic E-state index is 5.73. The molecule has 0 saturated heterocycles. The average molecular weight is 201 g/mol. The summed E-state index contributed by atoms with van der Waals surface area (Å²) in [6.07, 6.45) is 2.55. The lowest BCUT2D eigenvalue weighted by Crippen LogP contribution is -2.16. The molecule has 3 heteroatoms. The van der Waals surface area contributed by atoms with Crippen molar-refractivity contribution in [3.05, 3.63) is 53.4 Å². The van der Waals surface area contributed by atoms with Gasteiger partial charge in [0.25, 0.3) is 0 Å². The third-order valence-electron chi connectivity index (χ3n) is 2.68. The Bertz CT molecular complexity index is 450. The molecule has 0 saturated carbocycles. The SMILES string of the molecule is c1ccc(C2OCCc3conc32)cc1. The van der Waals surface area contributed by atoms with Gasteiger partial charge in [-0.1, -0.05) is 35.5 Å². The van der Waals surface area contributed by atoms with E-state index in [9.17, 15) is 0 Å². The highest BCUT2D eigenvalue weighted by Gasteiger charge is 2.25. The van der Waals surface area contributed by atoms with Crippen molar-refractivity contribution in [1.29, 1.82) is 0 Å². The second-order valence-electron chi connectivity index (χ2n) is 3.64. The Balaban J connectivity index is 2.03. The fourth-order valence-corrected chi connectivity index (χ4v) is 1.92. The van der Waals surface area contributed by atoms with Gasteiger partial charge in [-0.3, -0.25) is 0 Å². The summed E-state index contributed by atoms with van der Waals surface area (Å²) in [7, 11) is 0. The van der Waals surface area contributed by atoms with Gasteiger partial charge in [0.05, 0.1) is 6.61 Å². The zero-order valence-electron chi connectivity index (χ0n) is 8.22. The van der Waals surface area contributed by atoms with Crippen LogP contribution in [-0.2, 0) is 11.2 Å². The number of aromatic nitrogens is 1. The maximum absolute atomic E-state index is 5.73. The Labute approximate surface area is 87.7 Å². The van der Waals surface area contributed by atoms with Crippen LogP contribution >= 0.6 is 0 Å². The largest absolute Gasteiger partial charge is 0.367 e. The van der Waals surface area contributed by atoms with E-state index < -0.39 is 0 Å². The van der Waals surface area contributed by atoms with Gasteiger partial charge in [-0.2, -0.15) is 0 Å². The van der Waals surface area contributed by atoms with Crippen LogP contribution in [0.15, 0.2) is 41.1 Å². The van der Waals surface area contributed by atoms with E-state index in [0.717, 1.165) is 29.8 Å². The predicted octanol–water partition coefficient (Wildman–Crippen LogP) is 2.34. The highest BCUT2D eigenvalue weighted by Crippen LogP contribution is 2.31. The van der Waals surface area contributed by atoms with E-state index in [4.69, 9.17) is 9.26 Å². The Kier molecular flexibility index (Phi) is 2.03. The van der Waals surface area contributed by atoms with Crippen LogP contribution in [0.3, 0.4) is 0 Å². The zero-order valence-corrected chi connectivity index (χ0v) is 8.22. The first-order valence-electron chi connectivity index (χ1n) is 5.05. The minimum absolute atomic E-state index is 0.0614. The molecular formula is C12H11NO2. The van der Waals surface area contributed by atoms with Gasteiger partial charge in [0, 0.05) is 12.0 Å². The number of nitrogens with zero attached hydrogens (tertiary/aromatic N) is 1. The first kappa shape index (κ1) is 8.68. The molecule has 1 aromatic carbocycles. The van der Waals surface area contributed by atoms with Crippen LogP contribution < -0.4 is 0 Å². The number of rotatable bonds is 1. The van der Waals surface area contributed by atoms with Crippen LogP contribution in [0.5, 0.6) is 0 Å². The van der Waals surface area contributed by atoms with E-state index in [1.807, 2.05) is 18.2 Å². The molecule has 0 amide bonds. The van der Waals surface area contributed by atoms with E-state index in [0.29, 0.717) is 0 Å². The fourth-order valence-electron chi connectivity index (χ4n) is 1.92. The van der Waals surface area contributed by atoms with Gasteiger partial charge in [0.2, 0.25) is 0 Å². The molecule has 1 unspecified atom stereocenters. The van der Waals surface area contributed by atoms with Crippen LogP contribution in [0.4, 0.5) is 0 Å². The van der Waals surface area contributed by atoms with Gasteiger partial charge >= 0.3 is 0 Å². The number of hydrogen-bond donors (Lipinski definition) is 0. The second kappa shape index (κ2) is 3.51. The smallest absolute Gasteiger partial charge is 0.128 e. The van der Waals surface area contributed by atoms with Crippen LogP contribution in [-0.4, -0.2) is 11.8 Å². The average Bonchev–Trinajstić information content (AvgIpc) is 2.78. The molecule has 0 radical (unpaired) electrons. The minimum Gasteiger partial charge on any atom is -0.367 e. The maximum Gasteiger partial charge on any atom is 0.128 e. The molecule has 1 aliphatic rings. The number of ether oxygens (including phenoxy) is 1. The van der Waals surface area contributed by atoms with Crippen LogP contribution in [0, 0.1) is 0 Å². The van der Waals surface area contributed by atoms with Crippen LogP contribution in [0.25, 0.3) is 0 Å². The molecule has 2 heterocycles. The van der Waals surface area contributed by atoms with Gasteiger partial charge in [0.15, 0.2) is 0 Å². The molecule has 1 atom stereocenters. The topological polar surface area (TPSA) is 35.3 Å². The molecule has 3 nitrogen and oxygen atoms in total. The molecule has 76 valence electrons. The molecule has 1 aliphatic heterocycles. The normalized spacial score (nSPS) is 19.9. The van der Waals surface area contributed by atoms with E-state index >= 15 is 0 Å². The van der Waals surface area contributed by atoms with Crippen molar-refractivity contribution in [1.82, 2.24) is 5.16 Å². The molecule has 1 aromatic heterocycles. The van der Waals surface area contributed by atoms with Crippen LogP contribution in [0.1, 0.15) is 22.9 Å². The summed E-state index contributed by atoms with van der Waals surface area (Å²) in [6, 6.07) is 10.1. The summed E-state index contributed by atoms with van der Waals surface area (Å²) in [4.78, 5) is 0. The Morgan fingerprint density at radius 3 is 2.93 bits per heavy atom. The molecule has 0 spiro atoms. The monoisotopic (exact) mass is 201 g/mol. The molecule has 0 aliphatic carbocycles. The number of hydrogen-bond acceptors (Lipinski definition) is 3. The molecule has 15 heavy (non-hydrogen) atoms. The molecular weight excluding hydrogens is 190 g/mol. The van der Waals surface area contributed by atoms with E-state index in [1.165, 1.54) is 0 Å². The summed E-state index contributed by atoms with van der Waals surface area (Å²) in [5, 5.41) is 4.01. The number of benzene rings is 1. The first-order chi connectivity index (χ1) is 7.45. The first-order valence-corrected chi connectivity index (χ1v) is 5.05. The summed E-state index contributed by atoms with van der Waals surface area (Å²) in [5.74, 6) is 0. The van der Waals surface area contributed by atoms with Crippen molar-refractivity contribution in [2.24, 2.45) is 0 Å². The summed E-state index contributed by atoms with van der Waals surface area (Å²) < 4.78 is 10.7. The lowest BCUT2D eigenvalue weighted by Gasteiger charge is -2.21. The summed E-state index contributed by atoms with van der Waals surface area (Å²) in [6.45, 7) is 0.730. The third-order valence-corrected chi connectivity index (χ3v) is 2.68. The van der Waals surface area contributed by atoms with E-state index in [2.05, 4.69) is 17.3 Å². The third kappa shape index (κ3) is 1.45. The fraction of sp³-hybridized carbons (Fsp3) is 0.250. The summed E-state index contributed by atoms with van der Waals surface area (Å²) in [5.41, 5.74) is 3.22. The minimum atomic E-state index is -0.0614. The van der Waals surface area contributed by atoms with Crippen molar-refractivity contribution in [3.8, 4) is 0 Å². The molecule has 0 bridgehead atoms. The highest BCUT2D eigenvalue weighted by atomic mass is 16.5.